The van der Waals surface area contributed by atoms with Gasteiger partial charge >= 0.3 is 0 Å². The van der Waals surface area contributed by atoms with Crippen molar-refractivity contribution in [2.24, 2.45) is 5.92 Å². The van der Waals surface area contributed by atoms with Crippen LogP contribution in [0, 0.1) is 21.8 Å². The Morgan fingerprint density at radius 3 is 2.52 bits per heavy atom. The average Bonchev–Trinajstić information content (AvgIpc) is 2.72. The molecule has 0 saturated carbocycles. The van der Waals surface area contributed by atoms with Gasteiger partial charge in [0.15, 0.2) is 0 Å². The number of carbonyl (C=O) groups excluding carboxylic acids is 2. The third kappa shape index (κ3) is 4.89. The van der Waals surface area contributed by atoms with Crippen LogP contribution < -0.4 is 5.32 Å². The number of nitrogens with one attached hydrogen (secondary N) is 1. The third-order valence-corrected chi connectivity index (χ3v) is 5.29. The van der Waals surface area contributed by atoms with E-state index in [-0.39, 0.29) is 33.7 Å². The van der Waals surface area contributed by atoms with Gasteiger partial charge in [-0.2, -0.15) is 0 Å². The van der Waals surface area contributed by atoms with Crippen molar-refractivity contribution in [3.05, 3.63) is 74.5 Å². The van der Waals surface area contributed by atoms with Crippen LogP contribution in [0.2, 0.25) is 5.02 Å². The number of non-ortho nitro benzene ring substituents is 1. The molecule has 7 nitrogen and oxygen atoms in total. The van der Waals surface area contributed by atoms with Gasteiger partial charge in [0, 0.05) is 31.8 Å². The fourth-order valence-electron chi connectivity index (χ4n) is 3.28. The molecule has 1 fully saturated rings. The second-order valence-electron chi connectivity index (χ2n) is 6.85. The molecular formula is C20H19ClFN3O4. The minimum atomic E-state index is -0.588. The van der Waals surface area contributed by atoms with Crippen LogP contribution in [0.1, 0.15) is 33.6 Å². The van der Waals surface area contributed by atoms with Crippen molar-refractivity contribution in [1.29, 1.82) is 0 Å². The Bertz CT molecular complexity index is 945. The predicted octanol–water partition coefficient (Wildman–Crippen LogP) is 3.67. The van der Waals surface area contributed by atoms with Gasteiger partial charge in [-0.25, -0.2) is 4.39 Å². The van der Waals surface area contributed by atoms with Gasteiger partial charge in [-0.05, 0) is 37.0 Å². The molecule has 152 valence electrons. The van der Waals surface area contributed by atoms with E-state index in [0.29, 0.717) is 32.5 Å². The summed E-state index contributed by atoms with van der Waals surface area (Å²) >= 11 is 5.98. The maximum Gasteiger partial charge on any atom is 0.270 e. The number of nitro groups is 1. The molecule has 0 radical (unpaired) electrons. The van der Waals surface area contributed by atoms with E-state index in [1.165, 1.54) is 30.3 Å². The number of benzene rings is 2. The Hall–Kier alpha value is -3.00. The summed E-state index contributed by atoms with van der Waals surface area (Å²) in [5.74, 6) is -1.22. The summed E-state index contributed by atoms with van der Waals surface area (Å²) in [6.07, 6.45) is 1.31. The Morgan fingerprint density at radius 2 is 1.86 bits per heavy atom. The first kappa shape index (κ1) is 20.7. The molecule has 0 aromatic heterocycles. The van der Waals surface area contributed by atoms with Crippen LogP contribution in [0.25, 0.3) is 0 Å². The Morgan fingerprint density at radius 1 is 1.17 bits per heavy atom. The molecule has 2 aromatic rings. The van der Waals surface area contributed by atoms with Crippen LogP contribution in [0.5, 0.6) is 0 Å². The first-order valence-electron chi connectivity index (χ1n) is 9.12. The second kappa shape index (κ2) is 9.00. The van der Waals surface area contributed by atoms with E-state index in [1.807, 2.05) is 0 Å². The van der Waals surface area contributed by atoms with Gasteiger partial charge in [0.1, 0.15) is 5.82 Å². The van der Waals surface area contributed by atoms with E-state index in [0.717, 1.165) is 6.07 Å². The van der Waals surface area contributed by atoms with Crippen molar-refractivity contribution in [2.75, 3.05) is 19.6 Å². The molecule has 0 aliphatic carbocycles. The molecule has 0 atom stereocenters. The number of amides is 2. The summed E-state index contributed by atoms with van der Waals surface area (Å²) in [6, 6.07) is 9.59. The smallest absolute Gasteiger partial charge is 0.270 e. The number of carbonyl (C=O) groups is 2. The highest BCUT2D eigenvalue weighted by atomic mass is 35.5. The molecule has 1 aliphatic rings. The zero-order chi connectivity index (χ0) is 21.0. The van der Waals surface area contributed by atoms with E-state index < -0.39 is 16.6 Å². The summed E-state index contributed by atoms with van der Waals surface area (Å²) < 4.78 is 13.8. The molecular weight excluding hydrogens is 401 g/mol. The molecule has 0 unspecified atom stereocenters. The number of likely N-dealkylation sites (tertiary alicyclic amines) is 1. The van der Waals surface area contributed by atoms with Crippen LogP contribution in [-0.4, -0.2) is 41.3 Å². The fourth-order valence-corrected chi connectivity index (χ4v) is 3.48. The molecule has 1 aliphatic heterocycles. The molecule has 1 heterocycles. The van der Waals surface area contributed by atoms with Crippen LogP contribution in [0.3, 0.4) is 0 Å². The number of piperidine rings is 1. The first-order valence-corrected chi connectivity index (χ1v) is 9.50. The zero-order valence-corrected chi connectivity index (χ0v) is 16.2. The Kier molecular flexibility index (Phi) is 6.43. The van der Waals surface area contributed by atoms with Gasteiger partial charge in [0.25, 0.3) is 17.5 Å². The first-order chi connectivity index (χ1) is 13.9. The SMILES string of the molecule is O=C(NCC1CCN(C(=O)c2ccccc2F)CC1)c1cc([N+](=O)[O-])ccc1Cl. The van der Waals surface area contributed by atoms with Gasteiger partial charge < -0.3 is 10.2 Å². The molecule has 1 saturated heterocycles. The fraction of sp³-hybridized carbons (Fsp3) is 0.300. The second-order valence-corrected chi connectivity index (χ2v) is 7.25. The summed E-state index contributed by atoms with van der Waals surface area (Å²) in [4.78, 5) is 36.7. The lowest BCUT2D eigenvalue weighted by atomic mass is 9.96. The van der Waals surface area contributed by atoms with Crippen molar-refractivity contribution < 1.29 is 18.9 Å². The molecule has 0 bridgehead atoms. The van der Waals surface area contributed by atoms with E-state index in [2.05, 4.69) is 5.32 Å². The van der Waals surface area contributed by atoms with Gasteiger partial charge in [-0.15, -0.1) is 0 Å². The molecule has 0 spiro atoms. The highest BCUT2D eigenvalue weighted by Gasteiger charge is 2.26. The molecule has 9 heteroatoms. The minimum absolute atomic E-state index is 0.0491. The number of hydrogen-bond acceptors (Lipinski definition) is 4. The van der Waals surface area contributed by atoms with Crippen LogP contribution in [0.4, 0.5) is 10.1 Å². The molecule has 2 amide bonds. The lowest BCUT2D eigenvalue weighted by Gasteiger charge is -2.32. The van der Waals surface area contributed by atoms with Crippen molar-refractivity contribution >= 4 is 29.1 Å². The highest BCUT2D eigenvalue weighted by Crippen LogP contribution is 2.23. The maximum atomic E-state index is 13.8. The van der Waals surface area contributed by atoms with Gasteiger partial charge in [0.05, 0.1) is 21.1 Å². The van der Waals surface area contributed by atoms with E-state index in [4.69, 9.17) is 11.6 Å². The minimum Gasteiger partial charge on any atom is -0.352 e. The predicted molar refractivity (Wildman–Crippen MR) is 105 cm³/mol. The molecule has 1 N–H and O–H groups in total. The monoisotopic (exact) mass is 419 g/mol. The Labute approximate surface area is 171 Å². The summed E-state index contributed by atoms with van der Waals surface area (Å²) in [5.41, 5.74) is -0.105. The molecule has 29 heavy (non-hydrogen) atoms. The van der Waals surface area contributed by atoms with Gasteiger partial charge in [-0.3, -0.25) is 19.7 Å². The molecule has 3 rings (SSSR count). The summed E-state index contributed by atoms with van der Waals surface area (Å²) in [5, 5.41) is 13.8. The largest absolute Gasteiger partial charge is 0.352 e. The summed E-state index contributed by atoms with van der Waals surface area (Å²) in [7, 11) is 0. The quantitative estimate of drug-likeness (QED) is 0.591. The number of rotatable bonds is 5. The van der Waals surface area contributed by atoms with Crippen LogP contribution >= 0.6 is 11.6 Å². The normalized spacial score (nSPS) is 14.5. The number of nitro benzene ring substituents is 1. The van der Waals surface area contributed by atoms with Crippen molar-refractivity contribution in [3.8, 4) is 0 Å². The number of hydrogen-bond donors (Lipinski definition) is 1. The van der Waals surface area contributed by atoms with Gasteiger partial charge in [-0.1, -0.05) is 23.7 Å². The van der Waals surface area contributed by atoms with Crippen molar-refractivity contribution in [1.82, 2.24) is 10.2 Å². The lowest BCUT2D eigenvalue weighted by Crippen LogP contribution is -2.41. The lowest BCUT2D eigenvalue weighted by molar-refractivity contribution is -0.384. The number of nitrogens with zero attached hydrogens (tertiary/aromatic N) is 2. The van der Waals surface area contributed by atoms with Crippen LogP contribution in [0.15, 0.2) is 42.5 Å². The maximum absolute atomic E-state index is 13.8. The van der Waals surface area contributed by atoms with E-state index in [1.54, 1.807) is 11.0 Å². The van der Waals surface area contributed by atoms with E-state index in [9.17, 15) is 24.1 Å². The Balaban J connectivity index is 1.53. The highest BCUT2D eigenvalue weighted by molar-refractivity contribution is 6.33. The van der Waals surface area contributed by atoms with Crippen molar-refractivity contribution in [2.45, 2.75) is 12.8 Å². The van der Waals surface area contributed by atoms with E-state index >= 15 is 0 Å². The van der Waals surface area contributed by atoms with Crippen molar-refractivity contribution in [3.63, 3.8) is 0 Å². The standard InChI is InChI=1S/C20H19ClFN3O4/c21-17-6-5-14(25(28)29)11-16(17)19(26)23-12-13-7-9-24(10-8-13)20(27)15-3-1-2-4-18(15)22/h1-6,11,13H,7-10,12H2,(H,23,26). The van der Waals surface area contributed by atoms with Gasteiger partial charge in [0.2, 0.25) is 0 Å². The third-order valence-electron chi connectivity index (χ3n) is 4.96. The topological polar surface area (TPSA) is 92.6 Å². The average molecular weight is 420 g/mol. The summed E-state index contributed by atoms with van der Waals surface area (Å²) in [6.45, 7) is 1.29. The zero-order valence-electron chi connectivity index (χ0n) is 15.4. The van der Waals surface area contributed by atoms with Crippen LogP contribution in [-0.2, 0) is 0 Å². The number of halogens is 2. The molecule has 2 aromatic carbocycles.